The van der Waals surface area contributed by atoms with Crippen molar-refractivity contribution in [2.45, 2.75) is 33.4 Å². The van der Waals surface area contributed by atoms with E-state index in [9.17, 15) is 9.59 Å². The first-order chi connectivity index (χ1) is 10.9. The first kappa shape index (κ1) is 17.3. The summed E-state index contributed by atoms with van der Waals surface area (Å²) in [5.74, 6) is 0.0740. The molecule has 1 amide bonds. The number of Topliss-reactive ketones (excluding diaryl/α,β-unsaturated/α-hetero) is 1. The number of aromatic nitrogens is 4. The number of benzene rings is 1. The molecule has 2 aromatic rings. The Morgan fingerprint density at radius 2 is 1.91 bits per heavy atom. The molecule has 1 N–H and O–H groups in total. The minimum Gasteiger partial charge on any atom is -0.344 e. The highest BCUT2D eigenvalue weighted by Crippen LogP contribution is 2.17. The summed E-state index contributed by atoms with van der Waals surface area (Å²) in [4.78, 5) is 24.8. The lowest BCUT2D eigenvalue weighted by atomic mass is 10.0. The van der Waals surface area contributed by atoms with Crippen molar-refractivity contribution in [1.29, 1.82) is 0 Å². The molecule has 1 aromatic carbocycles. The number of hydrogen-bond acceptors (Lipinski definition) is 5. The number of nitrogens with one attached hydrogen (secondary N) is 1. The number of ketones is 1. The predicted molar refractivity (Wildman–Crippen MR) is 88.4 cm³/mol. The van der Waals surface area contributed by atoms with Crippen molar-refractivity contribution in [2.24, 2.45) is 5.92 Å². The third kappa shape index (κ3) is 4.69. The fourth-order valence-electron chi connectivity index (χ4n) is 2.11. The lowest BCUT2D eigenvalue weighted by Crippen LogP contribution is -2.44. The molecular formula is C15H18BrN5O2. The van der Waals surface area contributed by atoms with Gasteiger partial charge in [-0.2, -0.15) is 4.80 Å². The Bertz CT molecular complexity index is 696. The zero-order chi connectivity index (χ0) is 17.0. The zero-order valence-corrected chi connectivity index (χ0v) is 14.7. The summed E-state index contributed by atoms with van der Waals surface area (Å²) in [5, 5.41) is 14.7. The van der Waals surface area contributed by atoms with Gasteiger partial charge in [0, 0.05) is 10.0 Å². The van der Waals surface area contributed by atoms with Crippen LogP contribution in [0.1, 0.15) is 20.8 Å². The van der Waals surface area contributed by atoms with Crippen molar-refractivity contribution in [3.05, 3.63) is 28.7 Å². The second-order valence-corrected chi connectivity index (χ2v) is 6.47. The molecule has 0 saturated heterocycles. The molecular weight excluding hydrogens is 362 g/mol. The molecule has 0 aliphatic heterocycles. The average molecular weight is 380 g/mol. The van der Waals surface area contributed by atoms with E-state index in [2.05, 4.69) is 36.7 Å². The average Bonchev–Trinajstić information content (AvgIpc) is 2.93. The van der Waals surface area contributed by atoms with Crippen molar-refractivity contribution < 1.29 is 9.59 Å². The maximum atomic E-state index is 12.0. The van der Waals surface area contributed by atoms with Gasteiger partial charge in [-0.25, -0.2) is 0 Å². The fraction of sp³-hybridized carbons (Fsp3) is 0.400. The molecule has 122 valence electrons. The Morgan fingerprint density at radius 1 is 1.26 bits per heavy atom. The molecule has 2 rings (SSSR count). The zero-order valence-electron chi connectivity index (χ0n) is 13.2. The highest BCUT2D eigenvalue weighted by atomic mass is 79.9. The van der Waals surface area contributed by atoms with E-state index in [1.54, 1.807) is 0 Å². The Balaban J connectivity index is 2.02. The van der Waals surface area contributed by atoms with Crippen LogP contribution in [0.3, 0.4) is 0 Å². The van der Waals surface area contributed by atoms with E-state index in [1.165, 1.54) is 11.7 Å². The maximum Gasteiger partial charge on any atom is 0.244 e. The van der Waals surface area contributed by atoms with Gasteiger partial charge in [0.1, 0.15) is 6.54 Å². The van der Waals surface area contributed by atoms with Crippen LogP contribution in [-0.4, -0.2) is 37.9 Å². The van der Waals surface area contributed by atoms with Crippen molar-refractivity contribution in [1.82, 2.24) is 25.5 Å². The normalized spacial score (nSPS) is 12.2. The van der Waals surface area contributed by atoms with Crippen molar-refractivity contribution in [3.8, 4) is 11.4 Å². The van der Waals surface area contributed by atoms with Crippen LogP contribution < -0.4 is 5.32 Å². The number of rotatable bonds is 6. The van der Waals surface area contributed by atoms with Gasteiger partial charge in [-0.1, -0.05) is 29.8 Å². The minimum absolute atomic E-state index is 0.0264. The Hall–Kier alpha value is -2.09. The largest absolute Gasteiger partial charge is 0.344 e. The number of hydrogen-bond donors (Lipinski definition) is 1. The molecule has 1 heterocycles. The van der Waals surface area contributed by atoms with Crippen molar-refractivity contribution in [2.75, 3.05) is 0 Å². The predicted octanol–water partition coefficient (Wildman–Crippen LogP) is 1.83. The summed E-state index contributed by atoms with van der Waals surface area (Å²) in [6, 6.07) is 6.97. The lowest BCUT2D eigenvalue weighted by Gasteiger charge is -2.19. The number of tetrazole rings is 1. The summed E-state index contributed by atoms with van der Waals surface area (Å²) in [6.45, 7) is 5.14. The van der Waals surface area contributed by atoms with E-state index in [0.717, 1.165) is 10.0 Å². The van der Waals surface area contributed by atoms with Crippen LogP contribution in [0.15, 0.2) is 28.7 Å². The van der Waals surface area contributed by atoms with Gasteiger partial charge in [-0.3, -0.25) is 9.59 Å². The molecule has 7 nitrogen and oxygen atoms in total. The van der Waals surface area contributed by atoms with E-state index in [-0.39, 0.29) is 24.2 Å². The second-order valence-electron chi connectivity index (χ2n) is 5.55. The first-order valence-electron chi connectivity index (χ1n) is 7.20. The molecule has 0 saturated carbocycles. The van der Waals surface area contributed by atoms with E-state index < -0.39 is 6.04 Å². The van der Waals surface area contributed by atoms with E-state index >= 15 is 0 Å². The number of carbonyl (C=O) groups is 2. The highest BCUT2D eigenvalue weighted by molar-refractivity contribution is 9.10. The SMILES string of the molecule is CC(=O)C(NC(=O)Cn1nnc(-c2ccc(Br)cc2)n1)C(C)C. The van der Waals surface area contributed by atoms with Crippen LogP contribution in [0.5, 0.6) is 0 Å². The summed E-state index contributed by atoms with van der Waals surface area (Å²) in [7, 11) is 0. The molecule has 0 fully saturated rings. The van der Waals surface area contributed by atoms with Gasteiger partial charge >= 0.3 is 0 Å². The molecule has 0 radical (unpaired) electrons. The molecule has 1 aromatic heterocycles. The van der Waals surface area contributed by atoms with Crippen LogP contribution in [0.4, 0.5) is 0 Å². The summed E-state index contributed by atoms with van der Waals surface area (Å²) < 4.78 is 0.956. The van der Waals surface area contributed by atoms with Crippen LogP contribution in [0.25, 0.3) is 11.4 Å². The topological polar surface area (TPSA) is 89.8 Å². The van der Waals surface area contributed by atoms with Gasteiger partial charge < -0.3 is 5.32 Å². The third-order valence-electron chi connectivity index (χ3n) is 3.26. The summed E-state index contributed by atoms with van der Waals surface area (Å²) in [5.41, 5.74) is 0.809. The van der Waals surface area contributed by atoms with Crippen LogP contribution in [0.2, 0.25) is 0 Å². The Labute approximate surface area is 142 Å². The number of carbonyl (C=O) groups excluding carboxylic acids is 2. The van der Waals surface area contributed by atoms with E-state index in [0.29, 0.717) is 5.82 Å². The molecule has 0 aliphatic rings. The van der Waals surface area contributed by atoms with Gasteiger partial charge in [0.2, 0.25) is 11.7 Å². The summed E-state index contributed by atoms with van der Waals surface area (Å²) >= 11 is 3.36. The van der Waals surface area contributed by atoms with Crippen LogP contribution in [-0.2, 0) is 16.1 Å². The van der Waals surface area contributed by atoms with Crippen molar-refractivity contribution in [3.63, 3.8) is 0 Å². The monoisotopic (exact) mass is 379 g/mol. The smallest absolute Gasteiger partial charge is 0.244 e. The highest BCUT2D eigenvalue weighted by Gasteiger charge is 2.21. The molecule has 0 aliphatic carbocycles. The first-order valence-corrected chi connectivity index (χ1v) is 7.99. The lowest BCUT2D eigenvalue weighted by molar-refractivity contribution is -0.128. The quantitative estimate of drug-likeness (QED) is 0.826. The molecule has 1 atom stereocenters. The van der Waals surface area contributed by atoms with E-state index in [1.807, 2.05) is 38.1 Å². The number of halogens is 1. The van der Waals surface area contributed by atoms with Gasteiger partial charge in [0.15, 0.2) is 5.78 Å². The Kier molecular flexibility index (Phi) is 5.59. The second kappa shape index (κ2) is 7.45. The fourth-order valence-corrected chi connectivity index (χ4v) is 2.37. The minimum atomic E-state index is -0.503. The number of amides is 1. The maximum absolute atomic E-state index is 12.0. The van der Waals surface area contributed by atoms with E-state index in [4.69, 9.17) is 0 Å². The van der Waals surface area contributed by atoms with Crippen molar-refractivity contribution >= 4 is 27.6 Å². The Morgan fingerprint density at radius 3 is 2.48 bits per heavy atom. The summed E-state index contributed by atoms with van der Waals surface area (Å²) in [6.07, 6.45) is 0. The van der Waals surface area contributed by atoms with Crippen LogP contribution >= 0.6 is 15.9 Å². The third-order valence-corrected chi connectivity index (χ3v) is 3.79. The standard InChI is InChI=1S/C15H18BrN5O2/c1-9(2)14(10(3)22)17-13(23)8-21-19-15(18-20-21)11-4-6-12(16)7-5-11/h4-7,9,14H,8H2,1-3H3,(H,17,23). The van der Waals surface area contributed by atoms with Gasteiger partial charge in [0.25, 0.3) is 0 Å². The molecule has 1 unspecified atom stereocenters. The van der Waals surface area contributed by atoms with Gasteiger partial charge in [0.05, 0.1) is 6.04 Å². The van der Waals surface area contributed by atoms with Gasteiger partial charge in [-0.05, 0) is 42.3 Å². The van der Waals surface area contributed by atoms with Gasteiger partial charge in [-0.15, -0.1) is 10.2 Å². The number of nitrogens with zero attached hydrogens (tertiary/aromatic N) is 4. The van der Waals surface area contributed by atoms with Crippen LogP contribution in [0, 0.1) is 5.92 Å². The molecule has 23 heavy (non-hydrogen) atoms. The molecule has 0 spiro atoms. The molecule has 8 heteroatoms. The molecule has 0 bridgehead atoms.